The molecule has 0 aliphatic carbocycles. The number of methoxy groups -OCH3 is 2. The number of carbonyl (C=O) groups excluding carboxylic acids is 2. The van der Waals surface area contributed by atoms with Gasteiger partial charge in [0, 0.05) is 18.1 Å². The molecule has 3 aromatic carbocycles. The van der Waals surface area contributed by atoms with Crippen molar-refractivity contribution in [2.45, 2.75) is 12.5 Å². The predicted molar refractivity (Wildman–Crippen MR) is 116 cm³/mol. The van der Waals surface area contributed by atoms with E-state index in [9.17, 15) is 9.59 Å². The van der Waals surface area contributed by atoms with Gasteiger partial charge in [-0.15, -0.1) is 0 Å². The Morgan fingerprint density at radius 3 is 2.17 bits per heavy atom. The molecular weight excluding hydrogens is 380 g/mol. The zero-order chi connectivity index (χ0) is 21.3. The van der Waals surface area contributed by atoms with Crippen molar-refractivity contribution >= 4 is 17.5 Å². The van der Waals surface area contributed by atoms with Gasteiger partial charge in [0.25, 0.3) is 5.91 Å². The van der Waals surface area contributed by atoms with Gasteiger partial charge in [-0.25, -0.2) is 0 Å². The van der Waals surface area contributed by atoms with E-state index in [-0.39, 0.29) is 11.8 Å². The summed E-state index contributed by atoms with van der Waals surface area (Å²) >= 11 is 0. The van der Waals surface area contributed by atoms with E-state index < -0.39 is 6.04 Å². The zero-order valence-corrected chi connectivity index (χ0v) is 16.9. The van der Waals surface area contributed by atoms with Crippen LogP contribution >= 0.6 is 0 Å². The van der Waals surface area contributed by atoms with Crippen molar-refractivity contribution in [3.63, 3.8) is 0 Å². The van der Waals surface area contributed by atoms with Crippen LogP contribution in [-0.2, 0) is 11.2 Å². The number of benzene rings is 3. The summed E-state index contributed by atoms with van der Waals surface area (Å²) in [6.07, 6.45) is 0.345. The van der Waals surface area contributed by atoms with Crippen LogP contribution in [0, 0.1) is 0 Å². The third-order valence-electron chi connectivity index (χ3n) is 4.60. The summed E-state index contributed by atoms with van der Waals surface area (Å²) in [7, 11) is 3.07. The summed E-state index contributed by atoms with van der Waals surface area (Å²) in [6.45, 7) is 0. The summed E-state index contributed by atoms with van der Waals surface area (Å²) in [5.41, 5.74) is 1.89. The fraction of sp³-hybridized carbons (Fsp3) is 0.167. The van der Waals surface area contributed by atoms with Crippen LogP contribution < -0.4 is 20.1 Å². The molecule has 3 aromatic rings. The number of hydrogen-bond donors (Lipinski definition) is 2. The third kappa shape index (κ3) is 5.38. The van der Waals surface area contributed by atoms with Gasteiger partial charge in [0.15, 0.2) is 0 Å². The molecule has 6 nitrogen and oxygen atoms in total. The minimum Gasteiger partial charge on any atom is -0.497 e. The highest BCUT2D eigenvalue weighted by Crippen LogP contribution is 2.29. The molecule has 6 heteroatoms. The quantitative estimate of drug-likeness (QED) is 0.600. The van der Waals surface area contributed by atoms with Crippen molar-refractivity contribution < 1.29 is 19.1 Å². The van der Waals surface area contributed by atoms with Crippen molar-refractivity contribution in [3.05, 3.63) is 90.0 Å². The Morgan fingerprint density at radius 1 is 0.867 bits per heavy atom. The molecule has 0 aromatic heterocycles. The lowest BCUT2D eigenvalue weighted by atomic mass is 10.0. The summed E-state index contributed by atoms with van der Waals surface area (Å²) in [6, 6.07) is 22.7. The van der Waals surface area contributed by atoms with E-state index >= 15 is 0 Å². The van der Waals surface area contributed by atoms with Crippen molar-refractivity contribution in [3.8, 4) is 11.5 Å². The van der Waals surface area contributed by atoms with Crippen LogP contribution in [0.1, 0.15) is 15.9 Å². The van der Waals surface area contributed by atoms with Gasteiger partial charge in [-0.3, -0.25) is 9.59 Å². The number of rotatable bonds is 8. The largest absolute Gasteiger partial charge is 0.497 e. The normalized spacial score (nSPS) is 11.3. The first kappa shape index (κ1) is 20.9. The first-order chi connectivity index (χ1) is 14.6. The van der Waals surface area contributed by atoms with Crippen LogP contribution in [0.3, 0.4) is 0 Å². The highest BCUT2D eigenvalue weighted by atomic mass is 16.5. The van der Waals surface area contributed by atoms with Gasteiger partial charge in [-0.2, -0.15) is 0 Å². The summed E-state index contributed by atoms with van der Waals surface area (Å²) in [5.74, 6) is 0.412. The lowest BCUT2D eigenvalue weighted by Crippen LogP contribution is -2.45. The molecule has 0 fully saturated rings. The number of nitrogens with one attached hydrogen (secondary N) is 2. The van der Waals surface area contributed by atoms with E-state index in [2.05, 4.69) is 10.6 Å². The Kier molecular flexibility index (Phi) is 7.05. The van der Waals surface area contributed by atoms with Gasteiger partial charge in [0.2, 0.25) is 5.91 Å². The Morgan fingerprint density at radius 2 is 1.53 bits per heavy atom. The van der Waals surface area contributed by atoms with Crippen molar-refractivity contribution in [1.82, 2.24) is 5.32 Å². The average molecular weight is 404 g/mol. The lowest BCUT2D eigenvalue weighted by Gasteiger charge is -2.20. The number of hydrogen-bond acceptors (Lipinski definition) is 4. The Bertz CT molecular complexity index is 991. The molecule has 0 bridgehead atoms. The summed E-state index contributed by atoms with van der Waals surface area (Å²) < 4.78 is 10.6. The molecule has 3 rings (SSSR count). The molecule has 2 N–H and O–H groups in total. The van der Waals surface area contributed by atoms with Crippen LogP contribution in [0.2, 0.25) is 0 Å². The van der Waals surface area contributed by atoms with Crippen molar-refractivity contribution in [1.29, 1.82) is 0 Å². The number of amides is 2. The van der Waals surface area contributed by atoms with Gasteiger partial charge >= 0.3 is 0 Å². The molecule has 0 radical (unpaired) electrons. The average Bonchev–Trinajstić information content (AvgIpc) is 2.79. The fourth-order valence-corrected chi connectivity index (χ4v) is 3.02. The summed E-state index contributed by atoms with van der Waals surface area (Å²) in [5, 5.41) is 5.70. The third-order valence-corrected chi connectivity index (χ3v) is 4.60. The van der Waals surface area contributed by atoms with Crippen LogP contribution in [0.25, 0.3) is 0 Å². The highest BCUT2D eigenvalue weighted by molar-refractivity contribution is 6.02. The van der Waals surface area contributed by atoms with Gasteiger partial charge in [0.05, 0.1) is 19.9 Å². The topological polar surface area (TPSA) is 76.7 Å². The minimum absolute atomic E-state index is 0.315. The molecule has 154 valence electrons. The van der Waals surface area contributed by atoms with E-state index in [0.29, 0.717) is 29.2 Å². The van der Waals surface area contributed by atoms with Crippen LogP contribution in [0.5, 0.6) is 11.5 Å². The maximum Gasteiger partial charge on any atom is 0.251 e. The smallest absolute Gasteiger partial charge is 0.251 e. The monoisotopic (exact) mass is 404 g/mol. The maximum atomic E-state index is 13.1. The second-order valence-corrected chi connectivity index (χ2v) is 6.64. The van der Waals surface area contributed by atoms with E-state index in [1.807, 2.05) is 36.4 Å². The Hall–Kier alpha value is -3.80. The van der Waals surface area contributed by atoms with E-state index in [4.69, 9.17) is 9.47 Å². The second-order valence-electron chi connectivity index (χ2n) is 6.64. The molecule has 0 saturated carbocycles. The Labute approximate surface area is 175 Å². The number of anilines is 1. The summed E-state index contributed by atoms with van der Waals surface area (Å²) in [4.78, 5) is 25.8. The standard InChI is InChI=1S/C24H24N2O4/c1-29-19-13-14-22(30-2)20(16-19)25-24(28)21(15-17-9-5-3-6-10-17)26-23(27)18-11-7-4-8-12-18/h3-14,16,21H,15H2,1-2H3,(H,25,28)(H,26,27)/t21-/m0/s1. The van der Waals surface area contributed by atoms with Crippen LogP contribution in [-0.4, -0.2) is 32.1 Å². The van der Waals surface area contributed by atoms with E-state index in [1.54, 1.807) is 49.6 Å². The molecular formula is C24H24N2O4. The molecule has 0 unspecified atom stereocenters. The second kappa shape index (κ2) is 10.1. The molecule has 0 aliphatic heterocycles. The van der Waals surface area contributed by atoms with Gasteiger partial charge in [-0.1, -0.05) is 48.5 Å². The molecule has 1 atom stereocenters. The Balaban J connectivity index is 1.83. The molecule has 0 aliphatic rings. The first-order valence-corrected chi connectivity index (χ1v) is 9.53. The maximum absolute atomic E-state index is 13.1. The van der Waals surface area contributed by atoms with Crippen molar-refractivity contribution in [2.24, 2.45) is 0 Å². The molecule has 30 heavy (non-hydrogen) atoms. The van der Waals surface area contributed by atoms with Gasteiger partial charge in [0.1, 0.15) is 17.5 Å². The minimum atomic E-state index is -0.781. The van der Waals surface area contributed by atoms with Crippen LogP contribution in [0.15, 0.2) is 78.9 Å². The number of carbonyl (C=O) groups is 2. The fourth-order valence-electron chi connectivity index (χ4n) is 3.02. The predicted octanol–water partition coefficient (Wildman–Crippen LogP) is 3.68. The van der Waals surface area contributed by atoms with Crippen molar-refractivity contribution in [2.75, 3.05) is 19.5 Å². The van der Waals surface area contributed by atoms with Crippen LogP contribution in [0.4, 0.5) is 5.69 Å². The van der Waals surface area contributed by atoms with E-state index in [0.717, 1.165) is 5.56 Å². The van der Waals surface area contributed by atoms with E-state index in [1.165, 1.54) is 7.11 Å². The number of ether oxygens (including phenoxy) is 2. The molecule has 0 heterocycles. The molecule has 2 amide bonds. The highest BCUT2D eigenvalue weighted by Gasteiger charge is 2.23. The SMILES string of the molecule is COc1ccc(OC)c(NC(=O)[C@H](Cc2ccccc2)NC(=O)c2ccccc2)c1. The van der Waals surface area contributed by atoms with Gasteiger partial charge in [-0.05, 0) is 29.8 Å². The first-order valence-electron chi connectivity index (χ1n) is 9.53. The zero-order valence-electron chi connectivity index (χ0n) is 16.9. The molecule has 0 spiro atoms. The lowest BCUT2D eigenvalue weighted by molar-refractivity contribution is -0.118. The van der Waals surface area contributed by atoms with Gasteiger partial charge < -0.3 is 20.1 Å². The molecule has 0 saturated heterocycles.